The first-order chi connectivity index (χ1) is 25.3. The van der Waals surface area contributed by atoms with Crippen LogP contribution in [-0.2, 0) is 32.9 Å². The Morgan fingerprint density at radius 1 is 0.815 bits per heavy atom. The van der Waals surface area contributed by atoms with E-state index < -0.39 is 8.07 Å². The number of rotatable bonds is 7. The van der Waals surface area contributed by atoms with E-state index in [4.69, 9.17) is 4.98 Å². The molecule has 5 aromatic carbocycles. The number of para-hydroxylation sites is 2. The fraction of sp³-hybridized carbons (Fsp3) is 0.250. The Morgan fingerprint density at radius 3 is 2.28 bits per heavy atom. The minimum absolute atomic E-state index is 0. The van der Waals surface area contributed by atoms with Crippen molar-refractivity contribution in [2.75, 3.05) is 0 Å². The molecule has 8 rings (SSSR count). The van der Waals surface area contributed by atoms with Crippen molar-refractivity contribution in [3.05, 3.63) is 144 Å². The smallest absolute Gasteiger partial charge is 0.0798 e. The van der Waals surface area contributed by atoms with Gasteiger partial charge in [-0.3, -0.25) is 16.3 Å². The van der Waals surface area contributed by atoms with Gasteiger partial charge in [0.2, 0.25) is 0 Å². The van der Waals surface area contributed by atoms with Gasteiger partial charge in [-0.2, -0.15) is 0 Å². The summed E-state index contributed by atoms with van der Waals surface area (Å²) in [7, 11) is -1.34. The molecule has 6 heteroatoms. The van der Waals surface area contributed by atoms with Gasteiger partial charge in [0.25, 0.3) is 0 Å². The number of fused-ring (bicyclic) bond motifs is 3. The molecule has 3 heterocycles. The Bertz CT molecular complexity index is 2520. The van der Waals surface area contributed by atoms with Gasteiger partial charge in [0.1, 0.15) is 0 Å². The second kappa shape index (κ2) is 16.3. The third-order valence-corrected chi connectivity index (χ3v) is 12.4. The zero-order valence-electron chi connectivity index (χ0n) is 32.6. The van der Waals surface area contributed by atoms with Crippen molar-refractivity contribution in [1.29, 1.82) is 0 Å². The summed E-state index contributed by atoms with van der Waals surface area (Å²) in [4.78, 5) is 9.77. The summed E-state index contributed by atoms with van der Waals surface area (Å²) in [6, 6.07) is 44.0. The predicted molar refractivity (Wildman–Crippen MR) is 231 cm³/mol. The summed E-state index contributed by atoms with van der Waals surface area (Å²) in [5, 5.41) is 8.76. The third-order valence-electron chi connectivity index (χ3n) is 9.50. The van der Waals surface area contributed by atoms with Gasteiger partial charge in [-0.25, -0.2) is 0 Å². The van der Waals surface area contributed by atoms with Gasteiger partial charge in [-0.05, 0) is 70.1 Å². The summed E-state index contributed by atoms with van der Waals surface area (Å²) in [5.74, 6) is 1.61. The molecule has 1 radical (unpaired) electrons. The predicted octanol–water partition coefficient (Wildman–Crippen LogP) is 12.7. The van der Waals surface area contributed by atoms with Crippen LogP contribution in [0, 0.1) is 22.8 Å². The van der Waals surface area contributed by atoms with Crippen molar-refractivity contribution >= 4 is 56.5 Å². The van der Waals surface area contributed by atoms with Crippen LogP contribution >= 0.6 is 11.3 Å². The van der Waals surface area contributed by atoms with E-state index in [-0.39, 0.29) is 25.5 Å². The molecule has 0 bridgehead atoms. The Hall–Kier alpha value is -4.19. The number of benzene rings is 5. The Labute approximate surface area is 339 Å². The number of hydrogen-bond donors (Lipinski definition) is 0. The van der Waals surface area contributed by atoms with E-state index in [0.717, 1.165) is 52.2 Å². The molecule has 0 unspecified atom stereocenters. The summed E-state index contributed by atoms with van der Waals surface area (Å²) >= 11 is 1.69. The van der Waals surface area contributed by atoms with Gasteiger partial charge in [0.15, 0.2) is 0 Å². The molecule has 0 aliphatic rings. The van der Waals surface area contributed by atoms with Crippen LogP contribution in [0.15, 0.2) is 121 Å². The zero-order valence-corrected chi connectivity index (χ0v) is 36.8. The van der Waals surface area contributed by atoms with Crippen LogP contribution in [0.4, 0.5) is 0 Å². The van der Waals surface area contributed by atoms with E-state index in [1.807, 2.05) is 18.2 Å². The monoisotopic (exact) mass is 920 g/mol. The molecule has 0 fully saturated rings. The summed E-state index contributed by atoms with van der Waals surface area (Å²) < 4.78 is 3.55. The molecule has 0 aliphatic carbocycles. The number of hydrogen-bond acceptors (Lipinski definition) is 3. The number of nitrogens with zero attached hydrogens (tertiary/aromatic N) is 3. The van der Waals surface area contributed by atoms with Gasteiger partial charge in [0, 0.05) is 32.0 Å². The fourth-order valence-electron chi connectivity index (χ4n) is 7.16. The maximum absolute atomic E-state index is 5.08. The Kier molecular flexibility index (Phi) is 11.9. The Balaban J connectivity index is 0.000000205. The molecular weight excluding hydrogens is 871 g/mol. The van der Waals surface area contributed by atoms with Crippen LogP contribution in [0.1, 0.15) is 45.7 Å². The maximum atomic E-state index is 5.08. The number of imidazole rings is 1. The van der Waals surface area contributed by atoms with Crippen LogP contribution in [-0.4, -0.2) is 22.6 Å². The summed E-state index contributed by atoms with van der Waals surface area (Å²) in [6.45, 7) is 18.6. The summed E-state index contributed by atoms with van der Waals surface area (Å²) in [5.41, 5.74) is 9.54. The molecule has 0 saturated carbocycles. The van der Waals surface area contributed by atoms with Crippen LogP contribution in [0.3, 0.4) is 0 Å². The quantitative estimate of drug-likeness (QED) is 0.118. The van der Waals surface area contributed by atoms with Crippen molar-refractivity contribution < 1.29 is 20.1 Å². The van der Waals surface area contributed by atoms with E-state index in [9.17, 15) is 0 Å². The zero-order chi connectivity index (χ0) is 37.3. The molecule has 8 aromatic rings. The van der Waals surface area contributed by atoms with Crippen molar-refractivity contribution in [2.45, 2.75) is 67.1 Å². The van der Waals surface area contributed by atoms with Gasteiger partial charge in [-0.1, -0.05) is 142 Å². The SMILES string of the molecule is CC(C)(C)Cc1ccc2c(-c3nc4ccccc4n3-c3ccc4ccccc4c3)[c-]sc2c1.CC(C)Cc1cc(-c2[c-]cccc2)ncc1[Si](C)(C)C.[Ir]. The molecule has 0 saturated heterocycles. The molecule has 0 N–H and O–H groups in total. The number of thiophene rings is 1. The Morgan fingerprint density at radius 2 is 1.56 bits per heavy atom. The standard InChI is InChI=1S/C30H25N2S.C18H24NSi.Ir/c1-30(2,3)18-20-12-15-24-25(19-33-28(24)16-20)29-31-26-10-6-7-11-27(26)32(29)23-14-13-21-8-4-5-9-22(21)17-23;1-14(2)11-16-12-17(15-9-7-6-8-10-15)19-13-18(16)20(3,4)5;/h4-17H,18H2,1-3H3;6-9,12-14H,11H2,1-5H3;/q2*-1;. The summed E-state index contributed by atoms with van der Waals surface area (Å²) in [6.07, 6.45) is 4.30. The minimum atomic E-state index is -1.34. The first-order valence-corrected chi connectivity index (χ1v) is 23.0. The van der Waals surface area contributed by atoms with E-state index in [0.29, 0.717) is 5.92 Å². The fourth-order valence-corrected chi connectivity index (χ4v) is 9.65. The van der Waals surface area contributed by atoms with E-state index in [1.165, 1.54) is 37.2 Å². The average molecular weight is 920 g/mol. The van der Waals surface area contributed by atoms with Crippen molar-refractivity contribution in [3.63, 3.8) is 0 Å². The van der Waals surface area contributed by atoms with E-state index in [1.54, 1.807) is 11.3 Å². The first-order valence-electron chi connectivity index (χ1n) is 18.7. The number of aromatic nitrogens is 3. The first kappa shape index (κ1) is 39.5. The number of pyridine rings is 1. The van der Waals surface area contributed by atoms with Gasteiger partial charge in [0.05, 0.1) is 24.9 Å². The van der Waals surface area contributed by atoms with Gasteiger partial charge < -0.3 is 9.55 Å². The second-order valence-corrected chi connectivity index (χ2v) is 22.7. The molecular formula is C48H49IrN3SSi-2. The molecule has 0 aliphatic heterocycles. The van der Waals surface area contributed by atoms with Gasteiger partial charge in [-0.15, -0.1) is 47.3 Å². The second-order valence-electron chi connectivity index (χ2n) is 16.8. The third kappa shape index (κ3) is 8.85. The molecule has 277 valence electrons. The van der Waals surface area contributed by atoms with E-state index >= 15 is 0 Å². The molecule has 3 nitrogen and oxygen atoms in total. The molecule has 54 heavy (non-hydrogen) atoms. The van der Waals surface area contributed by atoms with E-state index in [2.05, 4.69) is 179 Å². The van der Waals surface area contributed by atoms with Crippen molar-refractivity contribution in [2.24, 2.45) is 11.3 Å². The molecule has 0 atom stereocenters. The van der Waals surface area contributed by atoms with Crippen molar-refractivity contribution in [1.82, 2.24) is 14.5 Å². The molecule has 3 aromatic heterocycles. The molecule has 0 amide bonds. The van der Waals surface area contributed by atoms with Crippen LogP contribution in [0.5, 0.6) is 0 Å². The maximum Gasteiger partial charge on any atom is 0.0798 e. The average Bonchev–Trinajstić information content (AvgIpc) is 3.72. The minimum Gasteiger partial charge on any atom is -0.333 e. The van der Waals surface area contributed by atoms with Crippen molar-refractivity contribution in [3.8, 4) is 28.3 Å². The topological polar surface area (TPSA) is 30.7 Å². The normalized spacial score (nSPS) is 11.9. The van der Waals surface area contributed by atoms with Crippen LogP contribution in [0.25, 0.3) is 60.2 Å². The van der Waals surface area contributed by atoms with Gasteiger partial charge >= 0.3 is 0 Å². The van der Waals surface area contributed by atoms with Crippen LogP contribution in [0.2, 0.25) is 19.6 Å². The molecule has 0 spiro atoms. The van der Waals surface area contributed by atoms with Crippen LogP contribution < -0.4 is 5.19 Å². The largest absolute Gasteiger partial charge is 0.333 e.